The normalized spacial score (nSPS) is 11.7. The van der Waals surface area contributed by atoms with Crippen molar-refractivity contribution in [2.24, 2.45) is 0 Å². The molecule has 0 bridgehead atoms. The van der Waals surface area contributed by atoms with E-state index in [0.717, 1.165) is 28.3 Å². The van der Waals surface area contributed by atoms with Gasteiger partial charge in [-0.2, -0.15) is 0 Å². The predicted molar refractivity (Wildman–Crippen MR) is 107 cm³/mol. The second-order valence-electron chi connectivity index (χ2n) is 6.49. The average molecular weight is 396 g/mol. The lowest BCUT2D eigenvalue weighted by Gasteiger charge is -2.11. The van der Waals surface area contributed by atoms with Gasteiger partial charge in [-0.15, -0.1) is 0 Å². The van der Waals surface area contributed by atoms with Crippen LogP contribution in [0.4, 0.5) is 16.0 Å². The Morgan fingerprint density at radius 1 is 1.11 bits per heavy atom. The minimum Gasteiger partial charge on any atom is -0.360 e. The highest BCUT2D eigenvalue weighted by Gasteiger charge is 2.18. The van der Waals surface area contributed by atoms with Gasteiger partial charge in [0.1, 0.15) is 4.90 Å². The molecule has 6 nitrogen and oxygen atoms in total. The summed E-state index contributed by atoms with van der Waals surface area (Å²) in [6.07, 6.45) is 4.48. The Balaban J connectivity index is 1.77. The Kier molecular flexibility index (Phi) is 4.35. The molecule has 142 valence electrons. The van der Waals surface area contributed by atoms with Crippen molar-refractivity contribution in [1.29, 1.82) is 0 Å². The first-order valence-corrected chi connectivity index (χ1v) is 10.4. The van der Waals surface area contributed by atoms with Gasteiger partial charge in [-0.25, -0.2) is 22.8 Å². The van der Waals surface area contributed by atoms with Crippen LogP contribution in [0.3, 0.4) is 0 Å². The third-order valence-corrected chi connectivity index (χ3v) is 5.54. The van der Waals surface area contributed by atoms with E-state index >= 15 is 0 Å². The molecule has 2 aromatic heterocycles. The molecule has 0 unspecified atom stereocenters. The van der Waals surface area contributed by atoms with Crippen LogP contribution in [0, 0.1) is 12.7 Å². The second-order valence-corrected chi connectivity index (χ2v) is 8.47. The fourth-order valence-corrected chi connectivity index (χ4v) is 3.82. The van der Waals surface area contributed by atoms with Gasteiger partial charge in [0.2, 0.25) is 5.95 Å². The maximum atomic E-state index is 14.6. The van der Waals surface area contributed by atoms with Crippen LogP contribution >= 0.6 is 0 Å². The van der Waals surface area contributed by atoms with Crippen molar-refractivity contribution < 1.29 is 12.8 Å². The molecule has 0 aliphatic rings. The van der Waals surface area contributed by atoms with Gasteiger partial charge in [0, 0.05) is 35.1 Å². The summed E-state index contributed by atoms with van der Waals surface area (Å²) in [5.74, 6) is -0.682. The van der Waals surface area contributed by atoms with Gasteiger partial charge < -0.3 is 10.3 Å². The molecule has 0 aliphatic heterocycles. The largest absolute Gasteiger partial charge is 0.360 e. The monoisotopic (exact) mass is 396 g/mol. The van der Waals surface area contributed by atoms with Crippen molar-refractivity contribution in [2.75, 3.05) is 11.6 Å². The summed E-state index contributed by atoms with van der Waals surface area (Å²) in [7, 11) is -3.68. The lowest BCUT2D eigenvalue weighted by atomic mass is 10.1. The molecule has 2 aromatic carbocycles. The zero-order valence-corrected chi connectivity index (χ0v) is 16.0. The van der Waals surface area contributed by atoms with Gasteiger partial charge in [-0.1, -0.05) is 24.3 Å². The number of benzene rings is 2. The zero-order valence-electron chi connectivity index (χ0n) is 15.2. The highest BCUT2D eigenvalue weighted by Crippen LogP contribution is 2.30. The number of anilines is 2. The third kappa shape index (κ3) is 3.22. The maximum absolute atomic E-state index is 14.6. The summed E-state index contributed by atoms with van der Waals surface area (Å²) in [6, 6.07) is 12.0. The molecule has 0 spiro atoms. The molecule has 0 aliphatic carbocycles. The van der Waals surface area contributed by atoms with Crippen molar-refractivity contribution in [2.45, 2.75) is 11.8 Å². The maximum Gasteiger partial charge on any atom is 0.227 e. The minimum absolute atomic E-state index is 0.00310. The lowest BCUT2D eigenvalue weighted by molar-refractivity contribution is 0.573. The first-order chi connectivity index (χ1) is 13.3. The highest BCUT2D eigenvalue weighted by atomic mass is 32.2. The summed E-state index contributed by atoms with van der Waals surface area (Å²) in [5, 5.41) is 3.80. The third-order valence-electron chi connectivity index (χ3n) is 4.43. The van der Waals surface area contributed by atoms with Crippen LogP contribution in [0.2, 0.25) is 0 Å². The number of H-pyrrole nitrogens is 1. The molecular formula is C20H17FN4O2S. The molecule has 0 amide bonds. The number of halogens is 1. The number of sulfone groups is 1. The van der Waals surface area contributed by atoms with Gasteiger partial charge in [-0.05, 0) is 30.7 Å². The number of aryl methyl sites for hydroxylation is 1. The van der Waals surface area contributed by atoms with Crippen LogP contribution < -0.4 is 5.32 Å². The Morgan fingerprint density at radius 3 is 2.68 bits per heavy atom. The van der Waals surface area contributed by atoms with Crippen molar-refractivity contribution in [3.63, 3.8) is 0 Å². The van der Waals surface area contributed by atoms with Crippen LogP contribution in [0.15, 0.2) is 59.8 Å². The standard InChI is InChI=1S/C20H17FN4O2S/c1-12-10-23-20(24-16-8-5-9-17(18(16)21)28(2,26)27)25-19(12)14-11-22-15-7-4-3-6-13(14)15/h3-11,22H,1-2H3,(H,23,24,25). The Hall–Kier alpha value is -3.26. The average Bonchev–Trinajstić information content (AvgIpc) is 3.08. The number of para-hydroxylation sites is 1. The molecule has 0 radical (unpaired) electrons. The van der Waals surface area contributed by atoms with Crippen molar-refractivity contribution >= 4 is 32.4 Å². The molecular weight excluding hydrogens is 379 g/mol. The topological polar surface area (TPSA) is 87.7 Å². The molecule has 28 heavy (non-hydrogen) atoms. The number of aromatic amines is 1. The van der Waals surface area contributed by atoms with E-state index in [2.05, 4.69) is 20.3 Å². The molecule has 8 heteroatoms. The van der Waals surface area contributed by atoms with Gasteiger partial charge in [0.15, 0.2) is 15.7 Å². The van der Waals surface area contributed by atoms with E-state index in [4.69, 9.17) is 0 Å². The van der Waals surface area contributed by atoms with Crippen LogP contribution in [0.5, 0.6) is 0 Å². The molecule has 4 aromatic rings. The Labute approximate surface area is 161 Å². The number of fused-ring (bicyclic) bond motifs is 1. The first-order valence-electron chi connectivity index (χ1n) is 8.50. The van der Waals surface area contributed by atoms with E-state index in [-0.39, 0.29) is 16.5 Å². The fourth-order valence-electron chi connectivity index (χ4n) is 3.06. The van der Waals surface area contributed by atoms with Gasteiger partial charge >= 0.3 is 0 Å². The van der Waals surface area contributed by atoms with Crippen molar-refractivity contribution in [3.8, 4) is 11.3 Å². The Morgan fingerprint density at radius 2 is 1.89 bits per heavy atom. The summed E-state index contributed by atoms with van der Waals surface area (Å²) < 4.78 is 38.1. The highest BCUT2D eigenvalue weighted by molar-refractivity contribution is 7.90. The molecule has 4 rings (SSSR count). The number of nitrogens with one attached hydrogen (secondary N) is 2. The SMILES string of the molecule is Cc1cnc(Nc2cccc(S(C)(=O)=O)c2F)nc1-c1c[nH]c2ccccc12. The lowest BCUT2D eigenvalue weighted by Crippen LogP contribution is -2.06. The smallest absolute Gasteiger partial charge is 0.227 e. The minimum atomic E-state index is -3.68. The van der Waals surface area contributed by atoms with Crippen LogP contribution in [-0.2, 0) is 9.84 Å². The van der Waals surface area contributed by atoms with Gasteiger partial charge in [0.25, 0.3) is 0 Å². The van der Waals surface area contributed by atoms with Crippen LogP contribution in [0.25, 0.3) is 22.2 Å². The second kappa shape index (κ2) is 6.72. The van der Waals surface area contributed by atoms with Crippen LogP contribution in [0.1, 0.15) is 5.56 Å². The zero-order chi connectivity index (χ0) is 19.9. The van der Waals surface area contributed by atoms with E-state index in [1.807, 2.05) is 37.4 Å². The van der Waals surface area contributed by atoms with Crippen molar-refractivity contribution in [1.82, 2.24) is 15.0 Å². The molecule has 2 N–H and O–H groups in total. The van der Waals surface area contributed by atoms with Gasteiger partial charge in [-0.3, -0.25) is 0 Å². The number of aromatic nitrogens is 3. The quantitative estimate of drug-likeness (QED) is 0.539. The van der Waals surface area contributed by atoms with E-state index in [0.29, 0.717) is 5.69 Å². The van der Waals surface area contributed by atoms with E-state index in [1.54, 1.807) is 6.20 Å². The summed E-state index contributed by atoms with van der Waals surface area (Å²) >= 11 is 0. The summed E-state index contributed by atoms with van der Waals surface area (Å²) in [6.45, 7) is 1.89. The van der Waals surface area contributed by atoms with E-state index in [9.17, 15) is 12.8 Å². The molecule has 0 saturated carbocycles. The van der Waals surface area contributed by atoms with E-state index < -0.39 is 15.7 Å². The molecule has 0 atom stereocenters. The van der Waals surface area contributed by atoms with E-state index in [1.165, 1.54) is 18.2 Å². The number of rotatable bonds is 4. The Bertz CT molecular complexity index is 1300. The number of hydrogen-bond acceptors (Lipinski definition) is 5. The predicted octanol–water partition coefficient (Wildman–Crippen LogP) is 4.22. The van der Waals surface area contributed by atoms with Crippen LogP contribution in [-0.4, -0.2) is 29.6 Å². The summed E-state index contributed by atoms with van der Waals surface area (Å²) in [4.78, 5) is 11.6. The van der Waals surface area contributed by atoms with Gasteiger partial charge in [0.05, 0.1) is 11.4 Å². The van der Waals surface area contributed by atoms with Crippen molar-refractivity contribution in [3.05, 3.63) is 66.2 Å². The fraction of sp³-hybridized carbons (Fsp3) is 0.100. The first kappa shape index (κ1) is 18.1. The molecule has 0 fully saturated rings. The molecule has 2 heterocycles. The number of nitrogens with zero attached hydrogens (tertiary/aromatic N) is 2. The molecule has 0 saturated heterocycles. The summed E-state index contributed by atoms with van der Waals surface area (Å²) in [5.41, 5.74) is 3.45. The number of hydrogen-bond donors (Lipinski definition) is 2.